The lowest BCUT2D eigenvalue weighted by molar-refractivity contribution is -0.127. The number of pyridine rings is 1. The molecule has 0 aliphatic heterocycles. The lowest BCUT2D eigenvalue weighted by Crippen LogP contribution is -2.45. The van der Waals surface area contributed by atoms with Crippen LogP contribution in [0, 0.1) is 0 Å². The predicted molar refractivity (Wildman–Crippen MR) is 143 cm³/mol. The minimum atomic E-state index is -0.785. The summed E-state index contributed by atoms with van der Waals surface area (Å²) in [5.74, 6) is -0.410. The van der Waals surface area contributed by atoms with Crippen LogP contribution in [0.1, 0.15) is 18.4 Å². The van der Waals surface area contributed by atoms with Crippen molar-refractivity contribution in [1.29, 1.82) is 0 Å². The molecule has 10 heteroatoms. The van der Waals surface area contributed by atoms with Crippen LogP contribution in [0.3, 0.4) is 0 Å². The first-order valence-corrected chi connectivity index (χ1v) is 12.4. The summed E-state index contributed by atoms with van der Waals surface area (Å²) in [4.78, 5) is 28.5. The Morgan fingerprint density at radius 3 is 2.46 bits per heavy atom. The topological polar surface area (TPSA) is 112 Å². The van der Waals surface area contributed by atoms with Crippen LogP contribution < -0.4 is 15.8 Å². The Morgan fingerprint density at radius 2 is 1.78 bits per heavy atom. The number of aromatic nitrogens is 3. The predicted octanol–water partition coefficient (Wildman–Crippen LogP) is 4.61. The normalized spacial score (nSPS) is 11.6. The maximum absolute atomic E-state index is 12.5. The van der Waals surface area contributed by atoms with Crippen LogP contribution in [-0.4, -0.2) is 39.2 Å². The average molecular weight is 538 g/mol. The van der Waals surface area contributed by atoms with Crippen molar-refractivity contribution in [2.75, 3.05) is 6.61 Å². The maximum atomic E-state index is 12.5. The standard InChI is InChI=1S/C27H25Cl2N5O3/c28-20-13-21(29)15-22(14-20)34-26(16-23(33-34)19-8-4-10-31-17-19)37-11-5-9-25(35)32-24(27(30)36)12-18-6-2-1-3-7-18/h1-4,6-8,10,13-17,24H,5,9,11-12H2,(H2,30,36)(H,32,35)/t24-/m0/s1. The third-order valence-corrected chi connectivity index (χ3v) is 5.92. The number of halogens is 2. The van der Waals surface area contributed by atoms with E-state index in [-0.39, 0.29) is 18.9 Å². The summed E-state index contributed by atoms with van der Waals surface area (Å²) in [5.41, 5.74) is 8.51. The molecule has 0 unspecified atom stereocenters. The van der Waals surface area contributed by atoms with Gasteiger partial charge in [0.05, 0.1) is 18.0 Å². The summed E-state index contributed by atoms with van der Waals surface area (Å²) in [7, 11) is 0. The highest BCUT2D eigenvalue weighted by atomic mass is 35.5. The van der Waals surface area contributed by atoms with Crippen molar-refractivity contribution < 1.29 is 14.3 Å². The van der Waals surface area contributed by atoms with Crippen molar-refractivity contribution >= 4 is 35.0 Å². The Hall–Kier alpha value is -3.88. The van der Waals surface area contributed by atoms with E-state index in [4.69, 9.17) is 33.7 Å². The first kappa shape index (κ1) is 26.2. The summed E-state index contributed by atoms with van der Waals surface area (Å²) < 4.78 is 7.59. The van der Waals surface area contributed by atoms with Crippen LogP contribution in [0.2, 0.25) is 10.0 Å². The number of benzene rings is 2. The zero-order valence-corrected chi connectivity index (χ0v) is 21.3. The summed E-state index contributed by atoms with van der Waals surface area (Å²) in [5, 5.41) is 8.29. The zero-order chi connectivity index (χ0) is 26.2. The first-order valence-electron chi connectivity index (χ1n) is 11.6. The molecule has 0 bridgehead atoms. The van der Waals surface area contributed by atoms with Gasteiger partial charge in [0.25, 0.3) is 0 Å². The Bertz CT molecular complexity index is 1340. The van der Waals surface area contributed by atoms with Gasteiger partial charge in [-0.15, -0.1) is 0 Å². The molecule has 0 aliphatic carbocycles. The molecule has 0 saturated heterocycles. The molecular weight excluding hydrogens is 513 g/mol. The van der Waals surface area contributed by atoms with E-state index in [1.165, 1.54) is 0 Å². The highest BCUT2D eigenvalue weighted by molar-refractivity contribution is 6.34. The van der Waals surface area contributed by atoms with Gasteiger partial charge in [-0.3, -0.25) is 14.6 Å². The molecule has 190 valence electrons. The average Bonchev–Trinajstić information content (AvgIpc) is 3.31. The number of amides is 2. The molecule has 0 aliphatic rings. The summed E-state index contributed by atoms with van der Waals surface area (Å²) >= 11 is 12.4. The van der Waals surface area contributed by atoms with Crippen molar-refractivity contribution in [2.45, 2.75) is 25.3 Å². The second-order valence-corrected chi connectivity index (χ2v) is 9.19. The molecule has 8 nitrogen and oxygen atoms in total. The van der Waals surface area contributed by atoms with Crippen LogP contribution >= 0.6 is 23.2 Å². The highest BCUT2D eigenvalue weighted by Gasteiger charge is 2.19. The smallest absolute Gasteiger partial charge is 0.240 e. The molecule has 0 fully saturated rings. The number of carbonyl (C=O) groups excluding carboxylic acids is 2. The molecule has 0 radical (unpaired) electrons. The molecule has 4 rings (SSSR count). The van der Waals surface area contributed by atoms with Crippen molar-refractivity contribution in [3.63, 3.8) is 0 Å². The van der Waals surface area contributed by atoms with Gasteiger partial charge in [-0.2, -0.15) is 5.10 Å². The fraction of sp³-hybridized carbons (Fsp3) is 0.185. The Balaban J connectivity index is 1.40. The molecule has 2 aromatic carbocycles. The van der Waals surface area contributed by atoms with Crippen molar-refractivity contribution in [3.8, 4) is 22.8 Å². The maximum Gasteiger partial charge on any atom is 0.240 e. The van der Waals surface area contributed by atoms with Gasteiger partial charge in [-0.1, -0.05) is 53.5 Å². The number of ether oxygens (including phenoxy) is 1. The number of nitrogens with one attached hydrogen (secondary N) is 1. The van der Waals surface area contributed by atoms with Gasteiger partial charge < -0.3 is 15.8 Å². The summed E-state index contributed by atoms with van der Waals surface area (Å²) in [6.45, 7) is 0.236. The quantitative estimate of drug-likeness (QED) is 0.271. The Morgan fingerprint density at radius 1 is 1.03 bits per heavy atom. The molecule has 3 N–H and O–H groups in total. The largest absolute Gasteiger partial charge is 0.478 e. The van der Waals surface area contributed by atoms with Crippen molar-refractivity contribution in [3.05, 3.63) is 94.7 Å². The van der Waals surface area contributed by atoms with Gasteiger partial charge in [0.2, 0.25) is 17.7 Å². The van der Waals surface area contributed by atoms with Gasteiger partial charge in [-0.05, 0) is 42.3 Å². The number of nitrogens with two attached hydrogens (primary N) is 1. The third kappa shape index (κ3) is 7.31. The summed E-state index contributed by atoms with van der Waals surface area (Å²) in [6.07, 6.45) is 4.28. The lowest BCUT2D eigenvalue weighted by Gasteiger charge is -2.16. The van der Waals surface area contributed by atoms with Gasteiger partial charge in [-0.25, -0.2) is 4.68 Å². The Labute approximate surface area is 224 Å². The number of rotatable bonds is 11. The number of hydrogen-bond acceptors (Lipinski definition) is 5. The van der Waals surface area contributed by atoms with E-state index in [0.29, 0.717) is 40.1 Å². The van der Waals surface area contributed by atoms with Gasteiger partial charge >= 0.3 is 0 Å². The van der Waals surface area contributed by atoms with Gasteiger partial charge in [0.1, 0.15) is 6.04 Å². The molecule has 0 spiro atoms. The molecular formula is C27H25Cl2N5O3. The molecule has 2 aromatic heterocycles. The highest BCUT2D eigenvalue weighted by Crippen LogP contribution is 2.29. The molecule has 2 heterocycles. The summed E-state index contributed by atoms with van der Waals surface area (Å²) in [6, 6.07) is 19.2. The second-order valence-electron chi connectivity index (χ2n) is 8.31. The van der Waals surface area contributed by atoms with Gasteiger partial charge in [0, 0.05) is 46.9 Å². The number of carbonyl (C=O) groups is 2. The van der Waals surface area contributed by atoms with Crippen LogP contribution in [0.15, 0.2) is 79.1 Å². The molecule has 2 amide bonds. The minimum Gasteiger partial charge on any atom is -0.478 e. The van der Waals surface area contributed by atoms with E-state index in [1.807, 2.05) is 42.5 Å². The van der Waals surface area contributed by atoms with E-state index in [2.05, 4.69) is 15.4 Å². The number of hydrogen-bond donors (Lipinski definition) is 2. The van der Waals surface area contributed by atoms with Crippen LogP contribution in [0.5, 0.6) is 5.88 Å². The van der Waals surface area contributed by atoms with Crippen LogP contribution in [-0.2, 0) is 16.0 Å². The van der Waals surface area contributed by atoms with Crippen molar-refractivity contribution in [2.24, 2.45) is 5.73 Å². The fourth-order valence-corrected chi connectivity index (χ4v) is 4.23. The Kier molecular flexibility index (Phi) is 8.77. The van der Waals surface area contributed by atoms with E-state index < -0.39 is 11.9 Å². The lowest BCUT2D eigenvalue weighted by atomic mass is 10.1. The minimum absolute atomic E-state index is 0.158. The van der Waals surface area contributed by atoms with E-state index in [9.17, 15) is 9.59 Å². The van der Waals surface area contributed by atoms with Crippen LogP contribution in [0.25, 0.3) is 16.9 Å². The number of primary amides is 1. The SMILES string of the molecule is NC(=O)[C@H](Cc1ccccc1)NC(=O)CCCOc1cc(-c2cccnc2)nn1-c1cc(Cl)cc(Cl)c1. The van der Waals surface area contributed by atoms with E-state index in [1.54, 1.807) is 41.3 Å². The van der Waals surface area contributed by atoms with E-state index in [0.717, 1.165) is 11.1 Å². The number of nitrogens with zero attached hydrogens (tertiary/aromatic N) is 3. The first-order chi connectivity index (χ1) is 17.9. The van der Waals surface area contributed by atoms with Crippen molar-refractivity contribution in [1.82, 2.24) is 20.1 Å². The zero-order valence-electron chi connectivity index (χ0n) is 19.8. The van der Waals surface area contributed by atoms with E-state index >= 15 is 0 Å². The van der Waals surface area contributed by atoms with Crippen LogP contribution in [0.4, 0.5) is 0 Å². The molecule has 1 atom stereocenters. The second kappa shape index (κ2) is 12.4. The monoisotopic (exact) mass is 537 g/mol. The fourth-order valence-electron chi connectivity index (χ4n) is 3.72. The third-order valence-electron chi connectivity index (χ3n) is 5.49. The van der Waals surface area contributed by atoms with Gasteiger partial charge in [0.15, 0.2) is 0 Å². The molecule has 37 heavy (non-hydrogen) atoms. The molecule has 0 saturated carbocycles. The molecule has 4 aromatic rings.